The van der Waals surface area contributed by atoms with Crippen molar-refractivity contribution in [2.24, 2.45) is 0 Å². The third-order valence-corrected chi connectivity index (χ3v) is 5.87. The van der Waals surface area contributed by atoms with E-state index in [0.29, 0.717) is 33.8 Å². The van der Waals surface area contributed by atoms with Gasteiger partial charge in [0.2, 0.25) is 0 Å². The van der Waals surface area contributed by atoms with Gasteiger partial charge in [-0.3, -0.25) is 4.79 Å². The van der Waals surface area contributed by atoms with Crippen LogP contribution in [0.1, 0.15) is 40.3 Å². The lowest BCUT2D eigenvalue weighted by Gasteiger charge is -2.19. The molecule has 0 saturated carbocycles. The number of benzene rings is 2. The first-order chi connectivity index (χ1) is 16.3. The van der Waals surface area contributed by atoms with Crippen molar-refractivity contribution in [2.75, 3.05) is 5.32 Å². The molecular formula is C27H23N3O4. The largest absolute Gasteiger partial charge is 0.476 e. The summed E-state index contributed by atoms with van der Waals surface area (Å²) in [5.74, 6) is -0.672. The number of pyridine rings is 1. The molecule has 0 fully saturated rings. The van der Waals surface area contributed by atoms with Gasteiger partial charge in [0.05, 0.1) is 22.8 Å². The number of nitrogens with one attached hydrogen (secondary N) is 2. The Kier molecular flexibility index (Phi) is 5.17. The Morgan fingerprint density at radius 3 is 2.65 bits per heavy atom. The molecule has 0 aliphatic heterocycles. The molecule has 3 heterocycles. The minimum atomic E-state index is -1.11. The van der Waals surface area contributed by atoms with Gasteiger partial charge in [0.1, 0.15) is 5.58 Å². The Morgan fingerprint density at radius 2 is 1.88 bits per heavy atom. The molecule has 7 nitrogen and oxygen atoms in total. The topological polar surface area (TPSA) is 108 Å². The van der Waals surface area contributed by atoms with Gasteiger partial charge >= 0.3 is 5.97 Å². The van der Waals surface area contributed by atoms with Crippen molar-refractivity contribution < 1.29 is 14.3 Å². The molecule has 170 valence electrons. The molecule has 0 bridgehead atoms. The van der Waals surface area contributed by atoms with Crippen LogP contribution in [-0.2, 0) is 0 Å². The third kappa shape index (κ3) is 3.81. The Morgan fingerprint density at radius 1 is 1.09 bits per heavy atom. The fraction of sp³-hybridized carbons (Fsp3) is 0.148. The molecule has 1 atom stereocenters. The van der Waals surface area contributed by atoms with Gasteiger partial charge in [-0.2, -0.15) is 0 Å². The van der Waals surface area contributed by atoms with Crippen molar-refractivity contribution >= 4 is 33.5 Å². The number of hydrogen-bond donors (Lipinski definition) is 3. The van der Waals surface area contributed by atoms with Crippen LogP contribution in [0, 0.1) is 13.8 Å². The number of carbonyl (C=O) groups is 1. The molecule has 2 aromatic carbocycles. The van der Waals surface area contributed by atoms with Crippen molar-refractivity contribution in [3.05, 3.63) is 93.4 Å². The molecule has 3 N–H and O–H groups in total. The van der Waals surface area contributed by atoms with Crippen LogP contribution >= 0.6 is 0 Å². The maximum absolute atomic E-state index is 13.1. The Bertz CT molecular complexity index is 1600. The maximum atomic E-state index is 13.1. The van der Waals surface area contributed by atoms with E-state index in [1.54, 1.807) is 19.1 Å². The van der Waals surface area contributed by atoms with Crippen LogP contribution < -0.4 is 10.7 Å². The zero-order chi connectivity index (χ0) is 24.0. The van der Waals surface area contributed by atoms with Gasteiger partial charge in [-0.15, -0.1) is 0 Å². The number of carboxylic acid groups (broad SMARTS) is 1. The monoisotopic (exact) mass is 453 g/mol. The summed E-state index contributed by atoms with van der Waals surface area (Å²) in [6, 6.07) is 18.2. The van der Waals surface area contributed by atoms with Crippen LogP contribution in [0.5, 0.6) is 0 Å². The van der Waals surface area contributed by atoms with Crippen LogP contribution in [0.15, 0.2) is 69.9 Å². The number of anilines is 1. The Balaban J connectivity index is 1.63. The highest BCUT2D eigenvalue weighted by atomic mass is 16.4. The van der Waals surface area contributed by atoms with Crippen LogP contribution in [-0.4, -0.2) is 21.0 Å². The standard InChI is InChI=1S/C27H23N3O4/c1-14-10-18(16(3)29-21-9-8-15(2)28-25(21)27(32)33)26-19(11-14)23(31)13-24(34-26)22-12-17-6-4-5-7-20(17)30-22/h4-13,16,29-30H,1-3H3,(H,32,33). The molecule has 0 saturated heterocycles. The number of aromatic nitrogens is 2. The first kappa shape index (κ1) is 21.5. The van der Waals surface area contributed by atoms with Crippen molar-refractivity contribution in [2.45, 2.75) is 26.8 Å². The van der Waals surface area contributed by atoms with Crippen molar-refractivity contribution in [3.63, 3.8) is 0 Å². The molecule has 0 amide bonds. The van der Waals surface area contributed by atoms with Crippen molar-refractivity contribution in [1.82, 2.24) is 9.97 Å². The number of nitrogens with zero attached hydrogens (tertiary/aromatic N) is 1. The summed E-state index contributed by atoms with van der Waals surface area (Å²) in [6.45, 7) is 5.56. The number of H-pyrrole nitrogens is 1. The van der Waals surface area contributed by atoms with Crippen LogP contribution in [0.2, 0.25) is 0 Å². The lowest BCUT2D eigenvalue weighted by molar-refractivity contribution is 0.0691. The normalized spacial score (nSPS) is 12.2. The zero-order valence-corrected chi connectivity index (χ0v) is 19.0. The van der Waals surface area contributed by atoms with Gasteiger partial charge in [-0.1, -0.05) is 24.3 Å². The number of aromatic carboxylic acids is 1. The van der Waals surface area contributed by atoms with E-state index >= 15 is 0 Å². The maximum Gasteiger partial charge on any atom is 0.356 e. The zero-order valence-electron chi connectivity index (χ0n) is 19.0. The highest BCUT2D eigenvalue weighted by Gasteiger charge is 2.19. The molecule has 3 aromatic heterocycles. The minimum Gasteiger partial charge on any atom is -0.476 e. The first-order valence-corrected chi connectivity index (χ1v) is 10.9. The van der Waals surface area contributed by atoms with Crippen LogP contribution in [0.25, 0.3) is 33.3 Å². The van der Waals surface area contributed by atoms with E-state index in [0.717, 1.165) is 22.0 Å². The highest BCUT2D eigenvalue weighted by molar-refractivity contribution is 5.92. The fourth-order valence-corrected chi connectivity index (χ4v) is 4.24. The van der Waals surface area contributed by atoms with E-state index < -0.39 is 5.97 Å². The SMILES string of the molecule is Cc1cc(C(C)Nc2ccc(C)nc2C(=O)O)c2oc(-c3cc4ccccc4[nH]3)cc(=O)c2c1. The molecule has 0 radical (unpaired) electrons. The summed E-state index contributed by atoms with van der Waals surface area (Å²) in [6.07, 6.45) is 0. The van der Waals surface area contributed by atoms with Crippen LogP contribution in [0.3, 0.4) is 0 Å². The lowest BCUT2D eigenvalue weighted by atomic mass is 10.0. The summed E-state index contributed by atoms with van der Waals surface area (Å²) in [5.41, 5.74) is 4.60. The fourth-order valence-electron chi connectivity index (χ4n) is 4.24. The van der Waals surface area contributed by atoms with Gasteiger partial charge in [0.25, 0.3) is 0 Å². The number of hydrogen-bond acceptors (Lipinski definition) is 5. The molecule has 5 aromatic rings. The molecule has 1 unspecified atom stereocenters. The number of rotatable bonds is 5. The average Bonchev–Trinajstić information content (AvgIpc) is 3.24. The minimum absolute atomic E-state index is 0.0518. The quantitative estimate of drug-likeness (QED) is 0.309. The summed E-state index contributed by atoms with van der Waals surface area (Å²) in [7, 11) is 0. The second kappa shape index (κ2) is 8.19. The number of aromatic amines is 1. The predicted molar refractivity (Wildman–Crippen MR) is 132 cm³/mol. The molecule has 7 heteroatoms. The van der Waals surface area contributed by atoms with Crippen molar-refractivity contribution in [1.29, 1.82) is 0 Å². The highest BCUT2D eigenvalue weighted by Crippen LogP contribution is 2.32. The number of aryl methyl sites for hydroxylation is 2. The molecular weight excluding hydrogens is 430 g/mol. The summed E-state index contributed by atoms with van der Waals surface area (Å²) < 4.78 is 6.30. The average molecular weight is 453 g/mol. The smallest absolute Gasteiger partial charge is 0.356 e. The molecule has 5 rings (SSSR count). The number of para-hydroxylation sites is 1. The van der Waals surface area contributed by atoms with Gasteiger partial charge in [0.15, 0.2) is 16.9 Å². The summed E-state index contributed by atoms with van der Waals surface area (Å²) >= 11 is 0. The Hall–Kier alpha value is -4.39. The third-order valence-electron chi connectivity index (χ3n) is 5.87. The van der Waals surface area contributed by atoms with E-state index in [1.165, 1.54) is 6.07 Å². The summed E-state index contributed by atoms with van der Waals surface area (Å²) in [4.78, 5) is 32.2. The van der Waals surface area contributed by atoms with E-state index in [1.807, 2.05) is 56.3 Å². The summed E-state index contributed by atoms with van der Waals surface area (Å²) in [5, 5.41) is 14.3. The molecule has 0 aliphatic carbocycles. The predicted octanol–water partition coefficient (Wildman–Crippen LogP) is 5.82. The number of carboxylic acids is 1. The molecule has 0 aliphatic rings. The van der Waals surface area contributed by atoms with E-state index in [9.17, 15) is 14.7 Å². The van der Waals surface area contributed by atoms with Gasteiger partial charge < -0.3 is 19.8 Å². The van der Waals surface area contributed by atoms with Crippen LogP contribution in [0.4, 0.5) is 5.69 Å². The second-order valence-electron chi connectivity index (χ2n) is 8.50. The first-order valence-electron chi connectivity index (χ1n) is 10.9. The van der Waals surface area contributed by atoms with E-state index in [-0.39, 0.29) is 17.2 Å². The van der Waals surface area contributed by atoms with Gasteiger partial charge in [-0.05, 0) is 56.7 Å². The van der Waals surface area contributed by atoms with E-state index in [2.05, 4.69) is 15.3 Å². The van der Waals surface area contributed by atoms with Gasteiger partial charge in [0, 0.05) is 28.2 Å². The van der Waals surface area contributed by atoms with Crippen molar-refractivity contribution in [3.8, 4) is 11.5 Å². The number of fused-ring (bicyclic) bond motifs is 2. The second-order valence-corrected chi connectivity index (χ2v) is 8.50. The van der Waals surface area contributed by atoms with E-state index in [4.69, 9.17) is 4.42 Å². The lowest BCUT2D eigenvalue weighted by Crippen LogP contribution is -2.14. The molecule has 0 spiro atoms. The Labute approximate surface area is 195 Å². The van der Waals surface area contributed by atoms with Gasteiger partial charge in [-0.25, -0.2) is 9.78 Å². The molecule has 34 heavy (non-hydrogen) atoms.